The average molecular weight is 268 g/mol. The number of amides is 1. The van der Waals surface area contributed by atoms with Crippen LogP contribution in [0.15, 0.2) is 24.3 Å². The number of hydrogen-bond acceptors (Lipinski definition) is 2. The fourth-order valence-electron chi connectivity index (χ4n) is 2.02. The van der Waals surface area contributed by atoms with E-state index in [1.54, 1.807) is 13.2 Å². The topological polar surface area (TPSA) is 49.8 Å². The molecular formula is C13H14ClNO3. The zero-order chi connectivity index (χ0) is 13.1. The van der Waals surface area contributed by atoms with Gasteiger partial charge in [0.1, 0.15) is 5.75 Å². The highest BCUT2D eigenvalue weighted by molar-refractivity contribution is 6.30. The van der Waals surface area contributed by atoms with E-state index in [0.29, 0.717) is 24.5 Å². The summed E-state index contributed by atoms with van der Waals surface area (Å²) >= 11 is 5.91. The predicted molar refractivity (Wildman–Crippen MR) is 70.2 cm³/mol. The molecule has 4 nitrogen and oxygen atoms in total. The van der Waals surface area contributed by atoms with E-state index < -0.39 is 6.09 Å². The van der Waals surface area contributed by atoms with Crippen LogP contribution in [-0.4, -0.2) is 36.3 Å². The van der Waals surface area contributed by atoms with Crippen molar-refractivity contribution in [1.29, 1.82) is 0 Å². The molecule has 0 fully saturated rings. The Morgan fingerprint density at radius 1 is 1.50 bits per heavy atom. The summed E-state index contributed by atoms with van der Waals surface area (Å²) in [6.45, 7) is 0.920. The van der Waals surface area contributed by atoms with Crippen LogP contribution in [0.4, 0.5) is 4.79 Å². The van der Waals surface area contributed by atoms with Gasteiger partial charge in [-0.2, -0.15) is 0 Å². The highest BCUT2D eigenvalue weighted by Gasteiger charge is 2.18. The van der Waals surface area contributed by atoms with Crippen molar-refractivity contribution in [2.75, 3.05) is 20.2 Å². The first-order chi connectivity index (χ1) is 8.61. The first kappa shape index (κ1) is 12.8. The molecule has 96 valence electrons. The molecule has 1 aromatic rings. The Morgan fingerprint density at radius 2 is 2.28 bits per heavy atom. The molecule has 0 bridgehead atoms. The molecule has 18 heavy (non-hydrogen) atoms. The molecular weight excluding hydrogens is 254 g/mol. The minimum Gasteiger partial charge on any atom is -0.496 e. The standard InChI is InChI=1S/C13H14ClNO3/c1-18-12-8-10(14)2-3-11(12)9-4-6-15(7-5-9)13(16)17/h2-4,8H,5-7H2,1H3,(H,16,17). The van der Waals surface area contributed by atoms with Crippen LogP contribution < -0.4 is 4.74 Å². The lowest BCUT2D eigenvalue weighted by Crippen LogP contribution is -2.33. The Morgan fingerprint density at radius 3 is 2.83 bits per heavy atom. The van der Waals surface area contributed by atoms with E-state index in [1.165, 1.54) is 4.90 Å². The Labute approximate surface area is 110 Å². The molecule has 1 aromatic carbocycles. The summed E-state index contributed by atoms with van der Waals surface area (Å²) in [5, 5.41) is 9.51. The van der Waals surface area contributed by atoms with Gasteiger partial charge in [0.25, 0.3) is 0 Å². The summed E-state index contributed by atoms with van der Waals surface area (Å²) in [6, 6.07) is 5.48. The van der Waals surface area contributed by atoms with Crippen molar-refractivity contribution in [3.8, 4) is 5.75 Å². The molecule has 0 saturated heterocycles. The lowest BCUT2D eigenvalue weighted by atomic mass is 9.99. The van der Waals surface area contributed by atoms with Gasteiger partial charge in [0.05, 0.1) is 7.11 Å². The van der Waals surface area contributed by atoms with Crippen LogP contribution >= 0.6 is 11.6 Å². The van der Waals surface area contributed by atoms with Gasteiger partial charge in [0.2, 0.25) is 0 Å². The third kappa shape index (κ3) is 2.59. The minimum absolute atomic E-state index is 0.413. The van der Waals surface area contributed by atoms with Crippen molar-refractivity contribution in [1.82, 2.24) is 4.90 Å². The molecule has 0 spiro atoms. The second kappa shape index (κ2) is 5.31. The first-order valence-corrected chi connectivity index (χ1v) is 6.00. The number of ether oxygens (including phenoxy) is 1. The Kier molecular flexibility index (Phi) is 3.77. The molecule has 0 atom stereocenters. The third-order valence-corrected chi connectivity index (χ3v) is 3.22. The Bertz CT molecular complexity index is 499. The SMILES string of the molecule is COc1cc(Cl)ccc1C1=CCN(C(=O)O)CC1. The number of benzene rings is 1. The fraction of sp³-hybridized carbons (Fsp3) is 0.308. The maximum absolute atomic E-state index is 10.8. The number of hydrogen-bond donors (Lipinski definition) is 1. The average Bonchev–Trinajstić information content (AvgIpc) is 2.38. The number of halogens is 1. The van der Waals surface area contributed by atoms with Gasteiger partial charge in [-0.1, -0.05) is 17.7 Å². The number of nitrogens with zero attached hydrogens (tertiary/aromatic N) is 1. The number of methoxy groups -OCH3 is 1. The molecule has 5 heteroatoms. The largest absolute Gasteiger partial charge is 0.496 e. The molecule has 1 amide bonds. The highest BCUT2D eigenvalue weighted by Crippen LogP contribution is 2.32. The summed E-state index contributed by atoms with van der Waals surface area (Å²) in [5.41, 5.74) is 2.08. The smallest absolute Gasteiger partial charge is 0.407 e. The van der Waals surface area contributed by atoms with E-state index >= 15 is 0 Å². The van der Waals surface area contributed by atoms with Crippen LogP contribution in [0.25, 0.3) is 5.57 Å². The maximum atomic E-state index is 10.8. The van der Waals surface area contributed by atoms with Crippen LogP contribution in [0.2, 0.25) is 5.02 Å². The van der Waals surface area contributed by atoms with Gasteiger partial charge >= 0.3 is 6.09 Å². The first-order valence-electron chi connectivity index (χ1n) is 5.62. The highest BCUT2D eigenvalue weighted by atomic mass is 35.5. The summed E-state index contributed by atoms with van der Waals surface area (Å²) in [4.78, 5) is 12.2. The van der Waals surface area contributed by atoms with Gasteiger partial charge in [-0.05, 0) is 30.2 Å². The number of carboxylic acid groups (broad SMARTS) is 1. The Hall–Kier alpha value is -1.68. The van der Waals surface area contributed by atoms with Crippen molar-refractivity contribution in [2.45, 2.75) is 6.42 Å². The zero-order valence-electron chi connectivity index (χ0n) is 10.0. The summed E-state index contributed by atoms with van der Waals surface area (Å²) in [7, 11) is 1.60. The quantitative estimate of drug-likeness (QED) is 0.896. The number of rotatable bonds is 2. The molecule has 0 unspecified atom stereocenters. The summed E-state index contributed by atoms with van der Waals surface area (Å²) < 4.78 is 5.30. The lowest BCUT2D eigenvalue weighted by molar-refractivity contribution is 0.150. The maximum Gasteiger partial charge on any atom is 0.407 e. The van der Waals surface area contributed by atoms with Gasteiger partial charge in [-0.3, -0.25) is 0 Å². The normalized spacial score (nSPS) is 15.2. The van der Waals surface area contributed by atoms with E-state index in [0.717, 1.165) is 16.9 Å². The van der Waals surface area contributed by atoms with Gasteiger partial charge in [0, 0.05) is 23.7 Å². The van der Waals surface area contributed by atoms with Crippen LogP contribution in [0.3, 0.4) is 0 Å². The van der Waals surface area contributed by atoms with E-state index in [4.69, 9.17) is 21.4 Å². The molecule has 1 heterocycles. The third-order valence-electron chi connectivity index (χ3n) is 2.99. The molecule has 1 N–H and O–H groups in total. The summed E-state index contributed by atoms with van der Waals surface area (Å²) in [6.07, 6.45) is 1.72. The zero-order valence-corrected chi connectivity index (χ0v) is 10.8. The van der Waals surface area contributed by atoms with E-state index in [-0.39, 0.29) is 0 Å². The predicted octanol–water partition coefficient (Wildman–Crippen LogP) is 3.12. The molecule has 1 aliphatic rings. The van der Waals surface area contributed by atoms with Gasteiger partial charge < -0.3 is 14.7 Å². The second-order valence-corrected chi connectivity index (χ2v) is 4.49. The van der Waals surface area contributed by atoms with Crippen molar-refractivity contribution in [3.05, 3.63) is 34.9 Å². The molecule has 0 saturated carbocycles. The molecule has 2 rings (SSSR count). The van der Waals surface area contributed by atoms with Crippen molar-refractivity contribution in [2.24, 2.45) is 0 Å². The van der Waals surface area contributed by atoms with Gasteiger partial charge in [-0.15, -0.1) is 0 Å². The minimum atomic E-state index is -0.881. The number of carbonyl (C=O) groups is 1. The lowest BCUT2D eigenvalue weighted by Gasteiger charge is -2.24. The van der Waals surface area contributed by atoms with Crippen LogP contribution in [-0.2, 0) is 0 Å². The van der Waals surface area contributed by atoms with Gasteiger partial charge in [0.15, 0.2) is 0 Å². The van der Waals surface area contributed by atoms with Crippen LogP contribution in [0, 0.1) is 0 Å². The molecule has 1 aliphatic heterocycles. The Balaban J connectivity index is 2.25. The van der Waals surface area contributed by atoms with Crippen molar-refractivity contribution in [3.63, 3.8) is 0 Å². The van der Waals surface area contributed by atoms with E-state index in [1.807, 2.05) is 18.2 Å². The monoisotopic (exact) mass is 267 g/mol. The second-order valence-electron chi connectivity index (χ2n) is 4.05. The van der Waals surface area contributed by atoms with E-state index in [2.05, 4.69) is 0 Å². The van der Waals surface area contributed by atoms with E-state index in [9.17, 15) is 4.79 Å². The van der Waals surface area contributed by atoms with Crippen LogP contribution in [0.1, 0.15) is 12.0 Å². The molecule has 0 aromatic heterocycles. The summed E-state index contributed by atoms with van der Waals surface area (Å²) in [5.74, 6) is 0.720. The van der Waals surface area contributed by atoms with Crippen LogP contribution in [0.5, 0.6) is 5.75 Å². The van der Waals surface area contributed by atoms with Gasteiger partial charge in [-0.25, -0.2) is 4.79 Å². The molecule has 0 radical (unpaired) electrons. The van der Waals surface area contributed by atoms with Crippen molar-refractivity contribution < 1.29 is 14.6 Å². The molecule has 0 aliphatic carbocycles. The van der Waals surface area contributed by atoms with Crippen molar-refractivity contribution >= 4 is 23.3 Å². The fourth-order valence-corrected chi connectivity index (χ4v) is 2.18.